The summed E-state index contributed by atoms with van der Waals surface area (Å²) < 4.78 is 13.4. The van der Waals surface area contributed by atoms with Crippen LogP contribution in [0.4, 0.5) is 16.2 Å². The lowest BCUT2D eigenvalue weighted by atomic mass is 10.2. The zero-order valence-corrected chi connectivity index (χ0v) is 15.5. The van der Waals surface area contributed by atoms with Crippen LogP contribution in [0, 0.1) is 5.82 Å². The van der Waals surface area contributed by atoms with Crippen molar-refractivity contribution in [3.63, 3.8) is 0 Å². The zero-order valence-electron chi connectivity index (χ0n) is 15.5. The number of nitrogens with zero attached hydrogens (tertiary/aromatic N) is 5. The van der Waals surface area contributed by atoms with Crippen molar-refractivity contribution in [2.45, 2.75) is 25.5 Å². The smallest absolute Gasteiger partial charge is 0.227 e. The monoisotopic (exact) mass is 371 g/mol. The Kier molecular flexibility index (Phi) is 5.50. The summed E-state index contributed by atoms with van der Waals surface area (Å²) in [4.78, 5) is 15.9. The molecule has 1 N–H and O–H groups in total. The molecule has 2 aliphatic rings. The molecule has 0 radical (unpaired) electrons. The highest BCUT2D eigenvalue weighted by molar-refractivity contribution is 5.44. The lowest BCUT2D eigenvalue weighted by molar-refractivity contribution is 0.198. The lowest BCUT2D eigenvalue weighted by Crippen LogP contribution is -2.32. The molecule has 2 aliphatic heterocycles. The van der Waals surface area contributed by atoms with Gasteiger partial charge in [0.15, 0.2) is 0 Å². The summed E-state index contributed by atoms with van der Waals surface area (Å²) in [6.45, 7) is 5.86. The number of β-amino-alcohol motifs (C(OH)–C–C–N with tert-alkyl or cyclic N) is 1. The Morgan fingerprint density at radius 2 is 2.00 bits per heavy atom. The van der Waals surface area contributed by atoms with E-state index in [-0.39, 0.29) is 11.9 Å². The molecular formula is C20H26FN5O. The summed E-state index contributed by atoms with van der Waals surface area (Å²) in [6, 6.07) is 8.75. The number of anilines is 2. The molecule has 2 saturated heterocycles. The van der Waals surface area contributed by atoms with Crippen molar-refractivity contribution in [1.29, 1.82) is 0 Å². The Morgan fingerprint density at radius 3 is 2.81 bits per heavy atom. The van der Waals surface area contributed by atoms with Gasteiger partial charge in [0.05, 0.1) is 6.10 Å². The Labute approximate surface area is 159 Å². The molecule has 2 aromatic rings. The van der Waals surface area contributed by atoms with Gasteiger partial charge in [-0.3, -0.25) is 4.90 Å². The number of aliphatic hydroxyl groups is 1. The summed E-state index contributed by atoms with van der Waals surface area (Å²) >= 11 is 0. The molecule has 3 heterocycles. The van der Waals surface area contributed by atoms with Crippen molar-refractivity contribution in [1.82, 2.24) is 14.9 Å². The minimum atomic E-state index is -0.266. The Morgan fingerprint density at radius 1 is 1.07 bits per heavy atom. The number of aromatic nitrogens is 2. The van der Waals surface area contributed by atoms with E-state index in [1.165, 1.54) is 6.07 Å². The van der Waals surface area contributed by atoms with Crippen LogP contribution in [0.25, 0.3) is 0 Å². The predicted octanol–water partition coefficient (Wildman–Crippen LogP) is 1.90. The summed E-state index contributed by atoms with van der Waals surface area (Å²) in [5.41, 5.74) is 1.01. The Hall–Kier alpha value is -2.25. The molecule has 1 aromatic heterocycles. The molecule has 27 heavy (non-hydrogen) atoms. The fourth-order valence-corrected chi connectivity index (χ4v) is 3.84. The van der Waals surface area contributed by atoms with E-state index in [4.69, 9.17) is 4.98 Å². The molecular weight excluding hydrogens is 345 g/mol. The fraction of sp³-hybridized carbons (Fsp3) is 0.500. The van der Waals surface area contributed by atoms with Crippen LogP contribution in [0.3, 0.4) is 0 Å². The molecule has 0 bridgehead atoms. The standard InChI is InChI=1S/C20H26FN5O/c21-17-4-1-3-16(13-17)14-24-8-2-9-25(12-11-24)20-22-7-5-19(23-20)26-10-6-18(27)15-26/h1,3-5,7,13,18,27H,2,6,8-12,14-15H2. The Bertz CT molecular complexity index is 774. The van der Waals surface area contributed by atoms with Crippen LogP contribution < -0.4 is 9.80 Å². The molecule has 0 amide bonds. The predicted molar refractivity (Wildman–Crippen MR) is 103 cm³/mol. The van der Waals surface area contributed by atoms with E-state index in [9.17, 15) is 9.50 Å². The number of hydrogen-bond acceptors (Lipinski definition) is 6. The maximum absolute atomic E-state index is 13.4. The van der Waals surface area contributed by atoms with Crippen LogP contribution in [-0.2, 0) is 6.54 Å². The highest BCUT2D eigenvalue weighted by Crippen LogP contribution is 2.21. The van der Waals surface area contributed by atoms with Crippen LogP contribution in [0.1, 0.15) is 18.4 Å². The maximum atomic E-state index is 13.4. The van der Waals surface area contributed by atoms with Crippen LogP contribution in [-0.4, -0.2) is 65.3 Å². The maximum Gasteiger partial charge on any atom is 0.227 e. The first-order valence-corrected chi connectivity index (χ1v) is 9.65. The quantitative estimate of drug-likeness (QED) is 0.886. The van der Waals surface area contributed by atoms with Crippen LogP contribution >= 0.6 is 0 Å². The highest BCUT2D eigenvalue weighted by atomic mass is 19.1. The van der Waals surface area contributed by atoms with Crippen LogP contribution in [0.15, 0.2) is 36.5 Å². The number of rotatable bonds is 4. The summed E-state index contributed by atoms with van der Waals surface area (Å²) in [5, 5.41) is 9.76. The van der Waals surface area contributed by atoms with E-state index in [1.54, 1.807) is 18.3 Å². The van der Waals surface area contributed by atoms with Gasteiger partial charge in [-0.05, 0) is 36.6 Å². The van der Waals surface area contributed by atoms with Crippen molar-refractivity contribution in [2.24, 2.45) is 0 Å². The van der Waals surface area contributed by atoms with E-state index in [0.717, 1.165) is 69.4 Å². The molecule has 1 atom stereocenters. The van der Waals surface area contributed by atoms with Crippen molar-refractivity contribution >= 4 is 11.8 Å². The van der Waals surface area contributed by atoms with Crippen molar-refractivity contribution < 1.29 is 9.50 Å². The molecule has 2 fully saturated rings. The van der Waals surface area contributed by atoms with Gasteiger partial charge >= 0.3 is 0 Å². The molecule has 7 heteroatoms. The molecule has 1 unspecified atom stereocenters. The van der Waals surface area contributed by atoms with Gasteiger partial charge in [0, 0.05) is 52.0 Å². The third kappa shape index (κ3) is 4.54. The second-order valence-corrected chi connectivity index (χ2v) is 7.35. The fourth-order valence-electron chi connectivity index (χ4n) is 3.84. The van der Waals surface area contributed by atoms with E-state index >= 15 is 0 Å². The number of benzene rings is 1. The minimum absolute atomic E-state index is 0.179. The van der Waals surface area contributed by atoms with Gasteiger partial charge in [0.1, 0.15) is 11.6 Å². The normalized spacial score (nSPS) is 21.5. The zero-order chi connectivity index (χ0) is 18.6. The molecule has 1 aromatic carbocycles. The average Bonchev–Trinajstić information content (AvgIpc) is 2.97. The molecule has 0 aliphatic carbocycles. The van der Waals surface area contributed by atoms with Crippen molar-refractivity contribution in [3.8, 4) is 0 Å². The molecule has 0 saturated carbocycles. The van der Waals surface area contributed by atoms with Gasteiger partial charge in [-0.25, -0.2) is 9.37 Å². The molecule has 0 spiro atoms. The first-order chi connectivity index (χ1) is 13.2. The van der Waals surface area contributed by atoms with Gasteiger partial charge in [0.25, 0.3) is 0 Å². The van der Waals surface area contributed by atoms with Gasteiger partial charge in [-0.2, -0.15) is 4.98 Å². The number of hydrogen-bond donors (Lipinski definition) is 1. The first-order valence-electron chi connectivity index (χ1n) is 9.65. The topological polar surface area (TPSA) is 55.7 Å². The molecule has 6 nitrogen and oxygen atoms in total. The van der Waals surface area contributed by atoms with Gasteiger partial charge in [-0.15, -0.1) is 0 Å². The summed E-state index contributed by atoms with van der Waals surface area (Å²) in [7, 11) is 0. The average molecular weight is 371 g/mol. The summed E-state index contributed by atoms with van der Waals surface area (Å²) in [5.74, 6) is 1.46. The summed E-state index contributed by atoms with van der Waals surface area (Å²) in [6.07, 6.45) is 3.35. The lowest BCUT2D eigenvalue weighted by Gasteiger charge is -2.23. The SMILES string of the molecule is OC1CCN(c2ccnc(N3CCCN(Cc4cccc(F)c4)CC3)n2)C1. The third-order valence-corrected chi connectivity index (χ3v) is 5.28. The van der Waals surface area contributed by atoms with E-state index in [1.807, 2.05) is 12.1 Å². The first kappa shape index (κ1) is 18.1. The van der Waals surface area contributed by atoms with Gasteiger partial charge in [0.2, 0.25) is 5.95 Å². The minimum Gasteiger partial charge on any atom is -0.391 e. The highest BCUT2D eigenvalue weighted by Gasteiger charge is 2.23. The second kappa shape index (κ2) is 8.19. The van der Waals surface area contributed by atoms with Gasteiger partial charge in [-0.1, -0.05) is 12.1 Å². The van der Waals surface area contributed by atoms with Crippen LogP contribution in [0.2, 0.25) is 0 Å². The number of halogens is 1. The van der Waals surface area contributed by atoms with E-state index in [2.05, 4.69) is 19.7 Å². The van der Waals surface area contributed by atoms with Gasteiger partial charge < -0.3 is 14.9 Å². The van der Waals surface area contributed by atoms with Crippen molar-refractivity contribution in [2.75, 3.05) is 49.1 Å². The van der Waals surface area contributed by atoms with E-state index in [0.29, 0.717) is 6.54 Å². The second-order valence-electron chi connectivity index (χ2n) is 7.35. The van der Waals surface area contributed by atoms with E-state index < -0.39 is 0 Å². The largest absolute Gasteiger partial charge is 0.391 e. The molecule has 4 rings (SSSR count). The third-order valence-electron chi connectivity index (χ3n) is 5.28. The Balaban J connectivity index is 1.39. The molecule has 144 valence electrons. The number of aliphatic hydroxyl groups excluding tert-OH is 1. The van der Waals surface area contributed by atoms with Crippen LogP contribution in [0.5, 0.6) is 0 Å². The van der Waals surface area contributed by atoms with Crippen molar-refractivity contribution in [3.05, 3.63) is 47.9 Å².